The van der Waals surface area contributed by atoms with Gasteiger partial charge in [-0.2, -0.15) is 0 Å². The molecule has 40 heavy (non-hydrogen) atoms. The van der Waals surface area contributed by atoms with Gasteiger partial charge in [-0.3, -0.25) is 0 Å². The summed E-state index contributed by atoms with van der Waals surface area (Å²) in [5, 5.41) is 1.78. The molecule has 2 saturated carbocycles. The minimum Gasteiger partial charge on any atom is -0.0683 e. The Morgan fingerprint density at radius 2 is 1.05 bits per heavy atom. The average Bonchev–Trinajstić information content (AvgIpc) is 2.95. The molecule has 0 unspecified atom stereocenters. The van der Waals surface area contributed by atoms with Gasteiger partial charge in [0, 0.05) is 0 Å². The van der Waals surface area contributed by atoms with Crippen LogP contribution >= 0.6 is 7.92 Å². The molecule has 0 nitrogen and oxygen atoms in total. The van der Waals surface area contributed by atoms with Crippen molar-refractivity contribution in [3.05, 3.63) is 53.1 Å². The maximum absolute atomic E-state index is 2.65. The van der Waals surface area contributed by atoms with E-state index in [9.17, 15) is 0 Å². The van der Waals surface area contributed by atoms with Gasteiger partial charge in [0.05, 0.1) is 0 Å². The van der Waals surface area contributed by atoms with Gasteiger partial charge < -0.3 is 0 Å². The first-order valence-corrected chi connectivity index (χ1v) is 18.8. The summed E-state index contributed by atoms with van der Waals surface area (Å²) in [4.78, 5) is 0. The van der Waals surface area contributed by atoms with E-state index in [1.807, 2.05) is 0 Å². The highest BCUT2D eigenvalue weighted by Crippen LogP contribution is 2.56. The molecule has 0 atom stereocenters. The highest BCUT2D eigenvalue weighted by molar-refractivity contribution is 7.67. The summed E-state index contributed by atoms with van der Waals surface area (Å²) in [5.41, 5.74) is 10.1. The topological polar surface area (TPSA) is 0 Å². The average molecular weight is 561 g/mol. The maximum Gasteiger partial charge on any atom is -0.0101 e. The first-order valence-electron chi connectivity index (χ1n) is 17.4. The van der Waals surface area contributed by atoms with Crippen molar-refractivity contribution in [3.63, 3.8) is 0 Å². The zero-order valence-corrected chi connectivity index (χ0v) is 28.0. The smallest absolute Gasteiger partial charge is 0.0101 e. The van der Waals surface area contributed by atoms with Gasteiger partial charge in [0.15, 0.2) is 0 Å². The van der Waals surface area contributed by atoms with Gasteiger partial charge in [-0.1, -0.05) is 124 Å². The molecular weight excluding hydrogens is 499 g/mol. The number of hydrogen-bond donors (Lipinski definition) is 0. The van der Waals surface area contributed by atoms with Crippen LogP contribution in [0, 0.1) is 17.8 Å². The van der Waals surface area contributed by atoms with Crippen LogP contribution in [-0.4, -0.2) is 11.3 Å². The third-order valence-corrected chi connectivity index (χ3v) is 13.3. The summed E-state index contributed by atoms with van der Waals surface area (Å²) in [6.45, 7) is 14.4. The Kier molecular flexibility index (Phi) is 12.7. The summed E-state index contributed by atoms with van der Waals surface area (Å²) in [5.74, 6) is 2.24. The predicted octanol–water partition coefficient (Wildman–Crippen LogP) is 11.9. The number of benzene rings is 2. The normalized spacial score (nSPS) is 17.6. The van der Waals surface area contributed by atoms with Crippen LogP contribution in [0.4, 0.5) is 0 Å². The van der Waals surface area contributed by atoms with E-state index in [1.54, 1.807) is 33.1 Å². The van der Waals surface area contributed by atoms with E-state index in [2.05, 4.69) is 77.9 Å². The van der Waals surface area contributed by atoms with Crippen molar-refractivity contribution >= 4 is 13.2 Å². The van der Waals surface area contributed by atoms with Crippen molar-refractivity contribution in [1.29, 1.82) is 0 Å². The second-order valence-corrected chi connectivity index (χ2v) is 17.4. The molecule has 1 heteroatoms. The Morgan fingerprint density at radius 1 is 0.600 bits per heavy atom. The number of aryl methyl sites for hydroxylation is 3. The molecular formula is C39H61P. The fraction of sp³-hybridized carbons (Fsp3) is 0.692. The Balaban J connectivity index is 1.86. The lowest BCUT2D eigenvalue weighted by Gasteiger charge is -2.40. The van der Waals surface area contributed by atoms with Crippen LogP contribution in [0.1, 0.15) is 142 Å². The third-order valence-electron chi connectivity index (χ3n) is 9.74. The molecule has 2 fully saturated rings. The zero-order valence-electron chi connectivity index (χ0n) is 27.1. The van der Waals surface area contributed by atoms with Gasteiger partial charge >= 0.3 is 0 Å². The van der Waals surface area contributed by atoms with Crippen molar-refractivity contribution < 1.29 is 0 Å². The maximum atomic E-state index is 2.65. The Bertz CT molecular complexity index is 968. The lowest BCUT2D eigenvalue weighted by molar-refractivity contribution is 0.487. The lowest BCUT2D eigenvalue weighted by Crippen LogP contribution is -2.27. The highest BCUT2D eigenvalue weighted by Gasteiger charge is 2.34. The Hall–Kier alpha value is -1.13. The molecule has 0 amide bonds. The largest absolute Gasteiger partial charge is 0.0683 e. The van der Waals surface area contributed by atoms with Crippen LogP contribution in [0.3, 0.4) is 0 Å². The summed E-state index contributed by atoms with van der Waals surface area (Å²) in [6, 6.07) is 15.2. The zero-order chi connectivity index (χ0) is 28.5. The summed E-state index contributed by atoms with van der Waals surface area (Å²) < 4.78 is 0. The van der Waals surface area contributed by atoms with E-state index < -0.39 is 0 Å². The van der Waals surface area contributed by atoms with Gasteiger partial charge in [-0.05, 0) is 126 Å². The van der Waals surface area contributed by atoms with Gasteiger partial charge in [0.1, 0.15) is 0 Å². The standard InChI is InChI=1S/C39H61P/c1-29(2)21-24-32-27-33(25-22-30(3)4)39(34(28-32)26-23-31(5)6)37-19-13-14-20-38(37)40(35-15-9-7-10-16-35)36-17-11-8-12-18-36/h13-14,19-20,27-31,35-36H,7-12,15-18,21-26H2,1-6H3. The summed E-state index contributed by atoms with van der Waals surface area (Å²) in [6.07, 6.45) is 22.2. The molecule has 0 N–H and O–H groups in total. The van der Waals surface area contributed by atoms with Crippen LogP contribution in [0.15, 0.2) is 36.4 Å². The molecule has 2 aliphatic rings. The van der Waals surface area contributed by atoms with Gasteiger partial charge in [0.25, 0.3) is 0 Å². The van der Waals surface area contributed by atoms with Crippen LogP contribution in [0.2, 0.25) is 0 Å². The summed E-state index contributed by atoms with van der Waals surface area (Å²) >= 11 is 0. The van der Waals surface area contributed by atoms with Gasteiger partial charge in [-0.15, -0.1) is 0 Å². The van der Waals surface area contributed by atoms with E-state index in [0.717, 1.165) is 29.1 Å². The first kappa shape index (κ1) is 31.8. The van der Waals surface area contributed by atoms with E-state index >= 15 is 0 Å². The molecule has 0 heterocycles. The van der Waals surface area contributed by atoms with Crippen LogP contribution in [-0.2, 0) is 19.3 Å². The van der Waals surface area contributed by atoms with Crippen molar-refractivity contribution in [2.75, 3.05) is 0 Å². The van der Waals surface area contributed by atoms with E-state index in [0.29, 0.717) is 0 Å². The van der Waals surface area contributed by atoms with Gasteiger partial charge in [0.2, 0.25) is 0 Å². The molecule has 0 aliphatic heterocycles. The second-order valence-electron chi connectivity index (χ2n) is 14.6. The van der Waals surface area contributed by atoms with Gasteiger partial charge in [-0.25, -0.2) is 0 Å². The van der Waals surface area contributed by atoms with Crippen molar-refractivity contribution in [3.8, 4) is 11.1 Å². The predicted molar refractivity (Wildman–Crippen MR) is 182 cm³/mol. The molecule has 0 spiro atoms. The van der Waals surface area contributed by atoms with Crippen LogP contribution < -0.4 is 5.30 Å². The second kappa shape index (κ2) is 15.9. The summed E-state index contributed by atoms with van der Waals surface area (Å²) in [7, 11) is -0.128. The fourth-order valence-electron chi connectivity index (χ4n) is 7.39. The van der Waals surface area contributed by atoms with Crippen molar-refractivity contribution in [2.24, 2.45) is 17.8 Å². The first-order chi connectivity index (χ1) is 19.3. The monoisotopic (exact) mass is 560 g/mol. The SMILES string of the molecule is CC(C)CCc1cc(CCC(C)C)c(-c2ccccc2P(C2CCCCC2)C2CCCCC2)c(CCC(C)C)c1. The minimum atomic E-state index is -0.128. The van der Waals surface area contributed by atoms with Crippen LogP contribution in [0.5, 0.6) is 0 Å². The Morgan fingerprint density at radius 3 is 1.52 bits per heavy atom. The fourth-order valence-corrected chi connectivity index (χ4v) is 11.3. The lowest BCUT2D eigenvalue weighted by atomic mass is 9.85. The van der Waals surface area contributed by atoms with E-state index in [1.165, 1.54) is 103 Å². The third kappa shape index (κ3) is 8.93. The highest BCUT2D eigenvalue weighted by atomic mass is 31.1. The molecule has 0 radical (unpaired) electrons. The molecule has 4 rings (SSSR count). The minimum absolute atomic E-state index is 0.128. The molecule has 2 aliphatic carbocycles. The molecule has 2 aromatic rings. The van der Waals surface area contributed by atoms with Crippen molar-refractivity contribution in [1.82, 2.24) is 0 Å². The molecule has 0 aromatic heterocycles. The molecule has 2 aromatic carbocycles. The molecule has 0 saturated heterocycles. The van der Waals surface area contributed by atoms with Crippen molar-refractivity contribution in [2.45, 2.75) is 156 Å². The number of rotatable bonds is 13. The number of hydrogen-bond acceptors (Lipinski definition) is 0. The van der Waals surface area contributed by atoms with E-state index in [4.69, 9.17) is 0 Å². The Labute approximate surface area is 250 Å². The quantitative estimate of drug-likeness (QED) is 0.214. The molecule has 222 valence electrons. The van der Waals surface area contributed by atoms with E-state index in [-0.39, 0.29) is 7.92 Å². The molecule has 0 bridgehead atoms. The van der Waals surface area contributed by atoms with Crippen LogP contribution in [0.25, 0.3) is 11.1 Å².